The van der Waals surface area contributed by atoms with E-state index in [-0.39, 0.29) is 10.6 Å². The highest BCUT2D eigenvalue weighted by Gasteiger charge is 2.11. The summed E-state index contributed by atoms with van der Waals surface area (Å²) in [4.78, 5) is 10.3. The number of benzene rings is 1. The van der Waals surface area contributed by atoms with E-state index in [1.165, 1.54) is 17.8 Å². The third kappa shape index (κ3) is 3.60. The van der Waals surface area contributed by atoms with E-state index in [0.717, 1.165) is 11.3 Å². The zero-order valence-corrected chi connectivity index (χ0v) is 8.87. The molecule has 0 aliphatic heterocycles. The molecule has 0 unspecified atom stereocenters. The molecule has 0 heterocycles. The second kappa shape index (κ2) is 6.04. The second-order valence-electron chi connectivity index (χ2n) is 2.85. The maximum Gasteiger partial charge on any atom is 0.272 e. The van der Waals surface area contributed by atoms with E-state index in [2.05, 4.69) is 0 Å². The van der Waals surface area contributed by atoms with Gasteiger partial charge in [-0.1, -0.05) is 18.2 Å². The SMILES string of the molecule is N#CCSCCc1ccccc1[N+](=O)[O-]. The Labute approximate surface area is 92.1 Å². The highest BCUT2D eigenvalue weighted by Crippen LogP contribution is 2.19. The lowest BCUT2D eigenvalue weighted by Gasteiger charge is -2.00. The van der Waals surface area contributed by atoms with Crippen molar-refractivity contribution in [2.75, 3.05) is 11.5 Å². The standard InChI is InChI=1S/C10H10N2O2S/c11-6-8-15-7-5-9-3-1-2-4-10(9)12(13)14/h1-4H,5,7-8H2. The summed E-state index contributed by atoms with van der Waals surface area (Å²) in [5.74, 6) is 1.17. The fourth-order valence-electron chi connectivity index (χ4n) is 1.20. The Hall–Kier alpha value is -1.54. The predicted molar refractivity (Wildman–Crippen MR) is 59.7 cm³/mol. The van der Waals surface area contributed by atoms with E-state index >= 15 is 0 Å². The topological polar surface area (TPSA) is 66.9 Å². The van der Waals surface area contributed by atoms with Crippen LogP contribution in [-0.4, -0.2) is 16.4 Å². The van der Waals surface area contributed by atoms with Crippen LogP contribution in [0.2, 0.25) is 0 Å². The quantitative estimate of drug-likeness (QED) is 0.436. The minimum atomic E-state index is -0.371. The number of hydrogen-bond donors (Lipinski definition) is 0. The van der Waals surface area contributed by atoms with Gasteiger partial charge in [-0.3, -0.25) is 10.1 Å². The van der Waals surface area contributed by atoms with Gasteiger partial charge in [-0.25, -0.2) is 0 Å². The number of aryl methyl sites for hydroxylation is 1. The molecule has 5 heteroatoms. The largest absolute Gasteiger partial charge is 0.272 e. The van der Waals surface area contributed by atoms with Crippen molar-refractivity contribution >= 4 is 17.4 Å². The van der Waals surface area contributed by atoms with Crippen LogP contribution in [0.1, 0.15) is 5.56 Å². The molecule has 1 aromatic rings. The fraction of sp³-hybridized carbons (Fsp3) is 0.300. The molecule has 0 fully saturated rings. The lowest BCUT2D eigenvalue weighted by atomic mass is 10.1. The van der Waals surface area contributed by atoms with E-state index in [9.17, 15) is 10.1 Å². The molecule has 0 bridgehead atoms. The van der Waals surface area contributed by atoms with Crippen LogP contribution in [0.15, 0.2) is 24.3 Å². The normalized spacial score (nSPS) is 9.53. The van der Waals surface area contributed by atoms with Gasteiger partial charge in [-0.2, -0.15) is 5.26 Å². The van der Waals surface area contributed by atoms with Crippen LogP contribution >= 0.6 is 11.8 Å². The fourth-order valence-corrected chi connectivity index (χ4v) is 1.80. The summed E-state index contributed by atoms with van der Waals surface area (Å²) in [5, 5.41) is 19.0. The van der Waals surface area contributed by atoms with Crippen molar-refractivity contribution in [1.29, 1.82) is 5.26 Å². The van der Waals surface area contributed by atoms with Crippen molar-refractivity contribution in [2.45, 2.75) is 6.42 Å². The van der Waals surface area contributed by atoms with Gasteiger partial charge in [-0.05, 0) is 12.2 Å². The van der Waals surface area contributed by atoms with Gasteiger partial charge in [0.1, 0.15) is 0 Å². The molecule has 0 spiro atoms. The van der Waals surface area contributed by atoms with E-state index in [1.807, 2.05) is 6.07 Å². The average molecular weight is 222 g/mol. The summed E-state index contributed by atoms with van der Waals surface area (Å²) in [6, 6.07) is 8.73. The van der Waals surface area contributed by atoms with Gasteiger partial charge in [0.25, 0.3) is 5.69 Å². The lowest BCUT2D eigenvalue weighted by Crippen LogP contribution is -1.96. The van der Waals surface area contributed by atoms with Crippen LogP contribution in [0.5, 0.6) is 0 Å². The van der Waals surface area contributed by atoms with Gasteiger partial charge in [0.2, 0.25) is 0 Å². The molecular weight excluding hydrogens is 212 g/mol. The Kier molecular flexibility index (Phi) is 4.64. The average Bonchev–Trinajstić information content (AvgIpc) is 2.25. The molecule has 0 amide bonds. The van der Waals surface area contributed by atoms with Gasteiger partial charge in [-0.15, -0.1) is 11.8 Å². The highest BCUT2D eigenvalue weighted by molar-refractivity contribution is 7.99. The van der Waals surface area contributed by atoms with Crippen LogP contribution < -0.4 is 0 Å². The first kappa shape index (κ1) is 11.5. The Balaban J connectivity index is 2.60. The Morgan fingerprint density at radius 2 is 2.20 bits per heavy atom. The van der Waals surface area contributed by atoms with Gasteiger partial charge in [0.15, 0.2) is 0 Å². The monoisotopic (exact) mass is 222 g/mol. The third-order valence-corrected chi connectivity index (χ3v) is 2.70. The van der Waals surface area contributed by atoms with Crippen molar-refractivity contribution in [3.8, 4) is 6.07 Å². The number of hydrogen-bond acceptors (Lipinski definition) is 4. The molecule has 15 heavy (non-hydrogen) atoms. The van der Waals surface area contributed by atoms with Crippen molar-refractivity contribution < 1.29 is 4.92 Å². The van der Waals surface area contributed by atoms with Crippen LogP contribution in [-0.2, 0) is 6.42 Å². The van der Waals surface area contributed by atoms with Crippen molar-refractivity contribution in [2.24, 2.45) is 0 Å². The van der Waals surface area contributed by atoms with Gasteiger partial charge >= 0.3 is 0 Å². The third-order valence-electron chi connectivity index (χ3n) is 1.87. The molecule has 0 atom stereocenters. The molecule has 0 aromatic heterocycles. The van der Waals surface area contributed by atoms with Gasteiger partial charge in [0, 0.05) is 11.6 Å². The number of thioether (sulfide) groups is 1. The number of para-hydroxylation sites is 1. The molecule has 0 saturated carbocycles. The van der Waals surface area contributed by atoms with Crippen LogP contribution in [0.4, 0.5) is 5.69 Å². The molecule has 0 aliphatic carbocycles. The first-order valence-electron chi connectivity index (χ1n) is 4.42. The first-order chi connectivity index (χ1) is 7.25. The number of nitro groups is 1. The lowest BCUT2D eigenvalue weighted by molar-refractivity contribution is -0.385. The smallest absolute Gasteiger partial charge is 0.258 e. The number of nitriles is 1. The molecule has 0 radical (unpaired) electrons. The number of nitro benzene ring substituents is 1. The van der Waals surface area contributed by atoms with Crippen molar-refractivity contribution in [3.05, 3.63) is 39.9 Å². The molecule has 78 valence electrons. The van der Waals surface area contributed by atoms with E-state index < -0.39 is 0 Å². The Morgan fingerprint density at radius 3 is 2.87 bits per heavy atom. The summed E-state index contributed by atoms with van der Waals surface area (Å²) >= 11 is 1.48. The van der Waals surface area contributed by atoms with Crippen molar-refractivity contribution in [3.63, 3.8) is 0 Å². The number of rotatable bonds is 5. The van der Waals surface area contributed by atoms with Gasteiger partial charge < -0.3 is 0 Å². The van der Waals surface area contributed by atoms with Crippen LogP contribution in [0.3, 0.4) is 0 Å². The number of nitrogens with zero attached hydrogens (tertiary/aromatic N) is 2. The zero-order chi connectivity index (χ0) is 11.1. The highest BCUT2D eigenvalue weighted by atomic mass is 32.2. The summed E-state index contributed by atoms with van der Waals surface area (Å²) < 4.78 is 0. The van der Waals surface area contributed by atoms with Gasteiger partial charge in [0.05, 0.1) is 16.7 Å². The Morgan fingerprint density at radius 1 is 1.47 bits per heavy atom. The van der Waals surface area contributed by atoms with E-state index in [1.54, 1.807) is 18.2 Å². The molecule has 1 aromatic carbocycles. The van der Waals surface area contributed by atoms with Crippen LogP contribution in [0.25, 0.3) is 0 Å². The Bertz CT molecular complexity index is 387. The molecule has 0 aliphatic rings. The summed E-state index contributed by atoms with van der Waals surface area (Å²) in [6.07, 6.45) is 0.628. The summed E-state index contributed by atoms with van der Waals surface area (Å²) in [7, 11) is 0. The first-order valence-corrected chi connectivity index (χ1v) is 5.58. The van der Waals surface area contributed by atoms with E-state index in [4.69, 9.17) is 5.26 Å². The molecule has 0 saturated heterocycles. The minimum absolute atomic E-state index is 0.162. The summed E-state index contributed by atoms with van der Waals surface area (Å²) in [5.41, 5.74) is 0.892. The minimum Gasteiger partial charge on any atom is -0.258 e. The maximum absolute atomic E-state index is 10.7. The van der Waals surface area contributed by atoms with E-state index in [0.29, 0.717) is 12.2 Å². The molecule has 0 N–H and O–H groups in total. The van der Waals surface area contributed by atoms with Crippen molar-refractivity contribution in [1.82, 2.24) is 0 Å². The maximum atomic E-state index is 10.7. The molecular formula is C10H10N2O2S. The van der Waals surface area contributed by atoms with Crippen LogP contribution in [0, 0.1) is 21.4 Å². The summed E-state index contributed by atoms with van der Waals surface area (Å²) in [6.45, 7) is 0. The second-order valence-corrected chi connectivity index (χ2v) is 3.95. The molecule has 4 nitrogen and oxygen atoms in total. The zero-order valence-electron chi connectivity index (χ0n) is 8.05. The molecule has 1 rings (SSSR count). The predicted octanol–water partition coefficient (Wildman–Crippen LogP) is 2.39.